The second-order valence-corrected chi connectivity index (χ2v) is 6.55. The molecule has 1 aliphatic rings. The van der Waals surface area contributed by atoms with Crippen molar-refractivity contribution in [3.63, 3.8) is 0 Å². The van der Waals surface area contributed by atoms with Crippen LogP contribution in [0.5, 0.6) is 0 Å². The van der Waals surface area contributed by atoms with Crippen molar-refractivity contribution in [2.24, 2.45) is 5.92 Å². The van der Waals surface area contributed by atoms with Crippen LogP contribution in [0.3, 0.4) is 0 Å². The number of hydrogen-bond acceptors (Lipinski definition) is 2. The second kappa shape index (κ2) is 5.04. The monoisotopic (exact) mass is 394 g/mol. The topological polar surface area (TPSA) is 26.3 Å². The minimum atomic E-state index is -0.226. The Labute approximate surface area is 117 Å². The van der Waals surface area contributed by atoms with Gasteiger partial charge in [0.1, 0.15) is 6.10 Å². The van der Waals surface area contributed by atoms with E-state index in [4.69, 9.17) is 4.74 Å². The van der Waals surface area contributed by atoms with Crippen molar-refractivity contribution in [3.05, 3.63) is 34.3 Å². The summed E-state index contributed by atoms with van der Waals surface area (Å²) in [5.41, 5.74) is 0.612. The third-order valence-corrected chi connectivity index (χ3v) is 4.70. The van der Waals surface area contributed by atoms with Crippen LogP contribution in [0, 0.1) is 5.92 Å². The van der Waals surface area contributed by atoms with E-state index in [-0.39, 0.29) is 12.1 Å². The molecular weight excluding hydrogens is 383 g/mol. The second-order valence-electron chi connectivity index (χ2n) is 4.03. The molecule has 1 fully saturated rings. The summed E-state index contributed by atoms with van der Waals surface area (Å²) in [7, 11) is 0. The van der Waals surface area contributed by atoms with Crippen molar-refractivity contribution in [3.8, 4) is 0 Å². The molecule has 0 amide bonds. The number of esters is 1. The van der Waals surface area contributed by atoms with E-state index in [1.54, 1.807) is 12.1 Å². The summed E-state index contributed by atoms with van der Waals surface area (Å²) in [6.07, 6.45) is 1.19. The van der Waals surface area contributed by atoms with Gasteiger partial charge in [-0.05, 0) is 37.6 Å². The predicted molar refractivity (Wildman–Crippen MR) is 74.9 cm³/mol. The molecule has 86 valence electrons. The maximum atomic E-state index is 11.8. The van der Waals surface area contributed by atoms with Crippen LogP contribution in [0.4, 0.5) is 0 Å². The maximum Gasteiger partial charge on any atom is 0.338 e. The number of carbonyl (C=O) groups is 1. The lowest BCUT2D eigenvalue weighted by Crippen LogP contribution is -2.17. The molecular formula is C12H12BrIO2. The highest BCUT2D eigenvalue weighted by Crippen LogP contribution is 2.42. The molecule has 4 heteroatoms. The maximum absolute atomic E-state index is 11.8. The van der Waals surface area contributed by atoms with Crippen molar-refractivity contribution in [1.82, 2.24) is 0 Å². The van der Waals surface area contributed by atoms with Crippen LogP contribution in [-0.2, 0) is 4.74 Å². The van der Waals surface area contributed by atoms with Crippen LogP contribution in [0.15, 0.2) is 28.7 Å². The van der Waals surface area contributed by atoms with Gasteiger partial charge in [-0.3, -0.25) is 0 Å². The van der Waals surface area contributed by atoms with Gasteiger partial charge < -0.3 is 4.74 Å². The molecule has 1 aromatic carbocycles. The quantitative estimate of drug-likeness (QED) is 0.442. The van der Waals surface area contributed by atoms with Gasteiger partial charge in [0, 0.05) is 14.3 Å². The number of benzene rings is 1. The first-order valence-corrected chi connectivity index (χ1v) is 7.22. The highest BCUT2D eigenvalue weighted by molar-refractivity contribution is 14.1. The van der Waals surface area contributed by atoms with E-state index in [0.29, 0.717) is 15.4 Å². The minimum Gasteiger partial charge on any atom is -0.459 e. The normalized spacial score (nSPS) is 24.9. The van der Waals surface area contributed by atoms with Crippen molar-refractivity contribution in [2.75, 3.05) is 0 Å². The molecule has 3 atom stereocenters. The fourth-order valence-electron chi connectivity index (χ4n) is 1.58. The first kappa shape index (κ1) is 12.4. The fourth-order valence-corrected chi connectivity index (χ4v) is 3.01. The number of carbonyl (C=O) groups excluding carboxylic acids is 1. The summed E-state index contributed by atoms with van der Waals surface area (Å²) in [4.78, 5) is 11.8. The van der Waals surface area contributed by atoms with Crippen LogP contribution in [0.2, 0.25) is 0 Å². The Kier molecular flexibility index (Phi) is 3.89. The molecule has 0 radical (unpaired) electrons. The first-order chi connectivity index (χ1) is 7.58. The molecule has 0 aliphatic heterocycles. The lowest BCUT2D eigenvalue weighted by molar-refractivity contribution is 0.0297. The Morgan fingerprint density at radius 3 is 2.56 bits per heavy atom. The molecule has 0 aromatic heterocycles. The first-order valence-electron chi connectivity index (χ1n) is 5.18. The minimum absolute atomic E-state index is 0.0260. The largest absolute Gasteiger partial charge is 0.459 e. The molecule has 0 spiro atoms. The van der Waals surface area contributed by atoms with Gasteiger partial charge >= 0.3 is 5.97 Å². The van der Waals surface area contributed by atoms with E-state index < -0.39 is 0 Å². The van der Waals surface area contributed by atoms with Gasteiger partial charge in [-0.2, -0.15) is 0 Å². The zero-order chi connectivity index (χ0) is 11.7. The average Bonchev–Trinajstić information content (AvgIpc) is 2.96. The predicted octanol–water partition coefficient (Wildman–Crippen LogP) is 3.82. The van der Waals surface area contributed by atoms with Crippen LogP contribution >= 0.6 is 38.5 Å². The van der Waals surface area contributed by atoms with E-state index in [1.165, 1.54) is 0 Å². The SMILES string of the molecule is C[C@@H](OC(=O)c1ccc(Br)cc1)[C@@H]1C[C@@H]1I. The molecule has 16 heavy (non-hydrogen) atoms. The number of rotatable bonds is 3. The highest BCUT2D eigenvalue weighted by Gasteiger charge is 2.40. The summed E-state index contributed by atoms with van der Waals surface area (Å²) < 4.78 is 7.05. The molecule has 0 N–H and O–H groups in total. The van der Waals surface area contributed by atoms with Crippen LogP contribution in [0.1, 0.15) is 23.7 Å². The van der Waals surface area contributed by atoms with Gasteiger partial charge in [0.2, 0.25) is 0 Å². The van der Waals surface area contributed by atoms with E-state index in [1.807, 2.05) is 19.1 Å². The Morgan fingerprint density at radius 2 is 2.06 bits per heavy atom. The summed E-state index contributed by atoms with van der Waals surface area (Å²) in [5, 5.41) is 0. The molecule has 2 nitrogen and oxygen atoms in total. The summed E-state index contributed by atoms with van der Waals surface area (Å²) in [6, 6.07) is 7.24. The average molecular weight is 395 g/mol. The van der Waals surface area contributed by atoms with Gasteiger partial charge in [0.25, 0.3) is 0 Å². The summed E-state index contributed by atoms with van der Waals surface area (Å²) >= 11 is 5.73. The van der Waals surface area contributed by atoms with Crippen LogP contribution < -0.4 is 0 Å². The van der Waals surface area contributed by atoms with Crippen molar-refractivity contribution < 1.29 is 9.53 Å². The van der Waals surface area contributed by atoms with Gasteiger partial charge in [-0.15, -0.1) is 0 Å². The zero-order valence-corrected chi connectivity index (χ0v) is 12.6. The molecule has 0 unspecified atom stereocenters. The molecule has 2 rings (SSSR count). The van der Waals surface area contributed by atoms with Crippen LogP contribution in [0.25, 0.3) is 0 Å². The highest BCUT2D eigenvalue weighted by atomic mass is 127. The van der Waals surface area contributed by atoms with Gasteiger partial charge in [-0.1, -0.05) is 38.5 Å². The van der Waals surface area contributed by atoms with E-state index >= 15 is 0 Å². The standard InChI is InChI=1S/C12H12BrIO2/c1-7(10-6-11(10)14)16-12(15)8-2-4-9(13)5-3-8/h2-5,7,10-11H,6H2,1H3/t7-,10+,11+/m1/s1. The number of alkyl halides is 1. The Bertz CT molecular complexity index is 391. The van der Waals surface area contributed by atoms with Crippen molar-refractivity contribution in [2.45, 2.75) is 23.4 Å². The molecule has 0 saturated heterocycles. The third kappa shape index (κ3) is 2.97. The third-order valence-electron chi connectivity index (χ3n) is 2.73. The van der Waals surface area contributed by atoms with Gasteiger partial charge in [-0.25, -0.2) is 4.79 Å². The van der Waals surface area contributed by atoms with Gasteiger partial charge in [0.15, 0.2) is 0 Å². The lowest BCUT2D eigenvalue weighted by atomic mass is 10.2. The van der Waals surface area contributed by atoms with E-state index in [0.717, 1.165) is 10.9 Å². The number of hydrogen-bond donors (Lipinski definition) is 0. The van der Waals surface area contributed by atoms with Crippen LogP contribution in [-0.4, -0.2) is 16.0 Å². The Morgan fingerprint density at radius 1 is 1.50 bits per heavy atom. The number of ether oxygens (including phenoxy) is 1. The molecule has 0 heterocycles. The Hall–Kier alpha value is -0.100. The number of halogens is 2. The summed E-state index contributed by atoms with van der Waals surface area (Å²) in [6.45, 7) is 1.97. The van der Waals surface area contributed by atoms with Crippen molar-refractivity contribution in [1.29, 1.82) is 0 Å². The molecule has 1 aromatic rings. The smallest absolute Gasteiger partial charge is 0.338 e. The Balaban J connectivity index is 1.95. The molecule has 1 saturated carbocycles. The van der Waals surface area contributed by atoms with E-state index in [9.17, 15) is 4.79 Å². The lowest BCUT2D eigenvalue weighted by Gasteiger charge is -2.12. The zero-order valence-electron chi connectivity index (χ0n) is 8.82. The van der Waals surface area contributed by atoms with Crippen molar-refractivity contribution >= 4 is 44.5 Å². The summed E-state index contributed by atoms with van der Waals surface area (Å²) in [5.74, 6) is 0.315. The van der Waals surface area contributed by atoms with Gasteiger partial charge in [0.05, 0.1) is 5.56 Å². The van der Waals surface area contributed by atoms with E-state index in [2.05, 4.69) is 38.5 Å². The molecule has 1 aliphatic carbocycles. The fraction of sp³-hybridized carbons (Fsp3) is 0.417. The molecule has 0 bridgehead atoms.